The highest BCUT2D eigenvalue weighted by atomic mass is 16.5. The summed E-state index contributed by atoms with van der Waals surface area (Å²) in [4.78, 5) is 14.3. The summed E-state index contributed by atoms with van der Waals surface area (Å²) in [5, 5.41) is 0. The van der Waals surface area contributed by atoms with E-state index in [1.807, 2.05) is 19.1 Å². The Morgan fingerprint density at radius 3 is 2.95 bits per heavy atom. The van der Waals surface area contributed by atoms with Gasteiger partial charge in [0.25, 0.3) is 5.56 Å². The smallest absolute Gasteiger partial charge is 0.258 e. The molecule has 0 amide bonds. The van der Waals surface area contributed by atoms with Crippen molar-refractivity contribution in [3.05, 3.63) is 45.9 Å². The van der Waals surface area contributed by atoms with Gasteiger partial charge in [-0.15, -0.1) is 0 Å². The molecule has 3 heteroatoms. The van der Waals surface area contributed by atoms with Crippen LogP contribution in [0.2, 0.25) is 0 Å². The van der Waals surface area contributed by atoms with Crippen LogP contribution in [-0.2, 0) is 0 Å². The first kappa shape index (κ1) is 13.7. The van der Waals surface area contributed by atoms with E-state index in [-0.39, 0.29) is 11.7 Å². The number of unbranched alkanes of at least 4 members (excludes halogenated alkanes) is 1. The molecular weight excluding hydrogens is 238 g/mol. The van der Waals surface area contributed by atoms with Crippen LogP contribution < -0.4 is 10.3 Å². The van der Waals surface area contributed by atoms with Crippen LogP contribution in [-0.4, -0.2) is 11.1 Å². The van der Waals surface area contributed by atoms with E-state index >= 15 is 0 Å². The molecule has 1 N–H and O–H groups in total. The Hall–Kier alpha value is -1.77. The van der Waals surface area contributed by atoms with E-state index in [4.69, 9.17) is 4.74 Å². The Balaban J connectivity index is 2.02. The van der Waals surface area contributed by atoms with E-state index in [0.717, 1.165) is 24.8 Å². The first-order valence-electron chi connectivity index (χ1n) is 6.94. The fraction of sp³-hybridized carbons (Fsp3) is 0.438. The maximum absolute atomic E-state index is 11.7. The molecule has 1 unspecified atom stereocenters. The number of hydrogen-bond acceptors (Lipinski definition) is 2. The zero-order valence-electron chi connectivity index (χ0n) is 11.6. The molecule has 3 nitrogen and oxygen atoms in total. The molecule has 1 aromatic heterocycles. The lowest BCUT2D eigenvalue weighted by atomic mass is 10.0. The van der Waals surface area contributed by atoms with Gasteiger partial charge in [0.2, 0.25) is 0 Å². The fourth-order valence-corrected chi connectivity index (χ4v) is 2.22. The SMILES string of the molecule is CCC/C=C/CCC1Oc2cc[nH]c(=O)c2C=C1C. The molecule has 1 aliphatic heterocycles. The number of allylic oxidation sites excluding steroid dienone is 2. The highest BCUT2D eigenvalue weighted by Crippen LogP contribution is 2.28. The van der Waals surface area contributed by atoms with Crippen LogP contribution >= 0.6 is 0 Å². The maximum atomic E-state index is 11.7. The molecule has 0 bridgehead atoms. The zero-order valence-corrected chi connectivity index (χ0v) is 11.6. The van der Waals surface area contributed by atoms with E-state index in [1.54, 1.807) is 6.20 Å². The molecule has 2 heterocycles. The lowest BCUT2D eigenvalue weighted by Crippen LogP contribution is -2.24. The van der Waals surface area contributed by atoms with Gasteiger partial charge < -0.3 is 9.72 Å². The monoisotopic (exact) mass is 259 g/mol. The van der Waals surface area contributed by atoms with Crippen molar-refractivity contribution in [3.8, 4) is 5.75 Å². The Morgan fingerprint density at radius 1 is 1.37 bits per heavy atom. The van der Waals surface area contributed by atoms with Crippen molar-refractivity contribution in [3.63, 3.8) is 0 Å². The summed E-state index contributed by atoms with van der Waals surface area (Å²) in [6, 6.07) is 1.82. The quantitative estimate of drug-likeness (QED) is 0.820. The largest absolute Gasteiger partial charge is 0.485 e. The number of pyridine rings is 1. The van der Waals surface area contributed by atoms with Crippen molar-refractivity contribution in [2.45, 2.75) is 45.6 Å². The van der Waals surface area contributed by atoms with Crippen molar-refractivity contribution < 1.29 is 4.74 Å². The summed E-state index contributed by atoms with van der Waals surface area (Å²) in [7, 11) is 0. The number of nitrogens with one attached hydrogen (secondary N) is 1. The maximum Gasteiger partial charge on any atom is 0.258 e. The molecule has 2 rings (SSSR count). The normalized spacial score (nSPS) is 18.0. The molecule has 0 fully saturated rings. The van der Waals surface area contributed by atoms with E-state index in [0.29, 0.717) is 11.3 Å². The van der Waals surface area contributed by atoms with Gasteiger partial charge in [0, 0.05) is 6.20 Å². The predicted octanol–water partition coefficient (Wildman–Crippen LogP) is 3.68. The number of aromatic amines is 1. The number of H-pyrrole nitrogens is 1. The summed E-state index contributed by atoms with van der Waals surface area (Å²) in [6.07, 6.45) is 12.4. The third-order valence-corrected chi connectivity index (χ3v) is 3.33. The third kappa shape index (κ3) is 3.37. The fourth-order valence-electron chi connectivity index (χ4n) is 2.22. The van der Waals surface area contributed by atoms with Crippen LogP contribution in [0.5, 0.6) is 5.75 Å². The summed E-state index contributed by atoms with van der Waals surface area (Å²) < 4.78 is 5.91. The minimum Gasteiger partial charge on any atom is -0.485 e. The molecule has 0 saturated heterocycles. The Kier molecular flexibility index (Phi) is 4.61. The first-order chi connectivity index (χ1) is 9.22. The van der Waals surface area contributed by atoms with Gasteiger partial charge in [0.1, 0.15) is 11.9 Å². The third-order valence-electron chi connectivity index (χ3n) is 3.33. The van der Waals surface area contributed by atoms with Crippen LogP contribution in [0.15, 0.2) is 34.8 Å². The Labute approximate surface area is 114 Å². The summed E-state index contributed by atoms with van der Waals surface area (Å²) in [5.74, 6) is 0.692. The minimum atomic E-state index is -0.0851. The molecule has 102 valence electrons. The Morgan fingerprint density at radius 2 is 2.16 bits per heavy atom. The van der Waals surface area contributed by atoms with Crippen LogP contribution in [0.3, 0.4) is 0 Å². The second-order valence-corrected chi connectivity index (χ2v) is 4.92. The number of rotatable bonds is 5. The van der Waals surface area contributed by atoms with E-state index < -0.39 is 0 Å². The number of fused-ring (bicyclic) bond motifs is 1. The molecule has 1 aliphatic rings. The molecule has 1 atom stereocenters. The molecule has 19 heavy (non-hydrogen) atoms. The van der Waals surface area contributed by atoms with Gasteiger partial charge in [-0.2, -0.15) is 0 Å². The number of aromatic nitrogens is 1. The van der Waals surface area contributed by atoms with Crippen molar-refractivity contribution in [1.29, 1.82) is 0 Å². The minimum absolute atomic E-state index is 0.0839. The standard InChI is InChI=1S/C16H21NO2/c1-3-4-5-6-7-8-14-12(2)11-13-15(19-14)9-10-17-16(13)18/h5-6,9-11,14H,3-4,7-8H2,1-2H3,(H,17,18)/b6-5+. The summed E-state index contributed by atoms with van der Waals surface area (Å²) >= 11 is 0. The predicted molar refractivity (Wildman–Crippen MR) is 78.4 cm³/mol. The first-order valence-corrected chi connectivity index (χ1v) is 6.94. The van der Waals surface area contributed by atoms with Gasteiger partial charge in [-0.25, -0.2) is 0 Å². The molecule has 0 radical (unpaired) electrons. The summed E-state index contributed by atoms with van der Waals surface area (Å²) in [6.45, 7) is 4.20. The van der Waals surface area contributed by atoms with Crippen LogP contribution in [0.4, 0.5) is 0 Å². The van der Waals surface area contributed by atoms with Crippen molar-refractivity contribution in [1.82, 2.24) is 4.98 Å². The van der Waals surface area contributed by atoms with Crippen LogP contribution in [0, 0.1) is 0 Å². The topological polar surface area (TPSA) is 42.1 Å². The molecule has 1 aromatic rings. The molecular formula is C16H21NO2. The molecule has 0 saturated carbocycles. The van der Waals surface area contributed by atoms with E-state index in [1.165, 1.54) is 6.42 Å². The highest BCUT2D eigenvalue weighted by Gasteiger charge is 2.20. The number of ether oxygens (including phenoxy) is 1. The van der Waals surface area contributed by atoms with Gasteiger partial charge in [0.15, 0.2) is 0 Å². The summed E-state index contributed by atoms with van der Waals surface area (Å²) in [5.41, 5.74) is 1.67. The van der Waals surface area contributed by atoms with Gasteiger partial charge >= 0.3 is 0 Å². The van der Waals surface area contributed by atoms with Crippen LogP contribution in [0.25, 0.3) is 6.08 Å². The van der Waals surface area contributed by atoms with Gasteiger partial charge in [-0.1, -0.05) is 25.5 Å². The van der Waals surface area contributed by atoms with Crippen molar-refractivity contribution >= 4 is 6.08 Å². The lowest BCUT2D eigenvalue weighted by molar-refractivity contribution is 0.223. The van der Waals surface area contributed by atoms with Gasteiger partial charge in [-0.3, -0.25) is 4.79 Å². The molecule has 0 aromatic carbocycles. The molecule has 0 aliphatic carbocycles. The second kappa shape index (κ2) is 6.41. The highest BCUT2D eigenvalue weighted by molar-refractivity contribution is 5.61. The second-order valence-electron chi connectivity index (χ2n) is 4.92. The van der Waals surface area contributed by atoms with Gasteiger partial charge in [-0.05, 0) is 43.9 Å². The Bertz CT molecular complexity index is 540. The van der Waals surface area contributed by atoms with Crippen molar-refractivity contribution in [2.24, 2.45) is 0 Å². The molecule has 0 spiro atoms. The van der Waals surface area contributed by atoms with Gasteiger partial charge in [0.05, 0.1) is 5.56 Å². The lowest BCUT2D eigenvalue weighted by Gasteiger charge is -2.24. The van der Waals surface area contributed by atoms with Crippen LogP contribution in [0.1, 0.15) is 45.1 Å². The van der Waals surface area contributed by atoms with E-state index in [2.05, 4.69) is 24.1 Å². The average molecular weight is 259 g/mol. The average Bonchev–Trinajstić information content (AvgIpc) is 2.40. The zero-order chi connectivity index (χ0) is 13.7. The number of hydrogen-bond donors (Lipinski definition) is 1. The van der Waals surface area contributed by atoms with E-state index in [9.17, 15) is 4.79 Å². The van der Waals surface area contributed by atoms with Crippen molar-refractivity contribution in [2.75, 3.05) is 0 Å².